The van der Waals surface area contributed by atoms with Crippen LogP contribution in [0.1, 0.15) is 40.5 Å². The summed E-state index contributed by atoms with van der Waals surface area (Å²) < 4.78 is 65.5. The Hall–Kier alpha value is -6.66. The molecule has 0 saturated carbocycles. The van der Waals surface area contributed by atoms with Crippen molar-refractivity contribution in [2.45, 2.75) is 36.1 Å². The number of nitrogens with one attached hydrogen (secondary N) is 3. The average molecular weight is 798 g/mol. The van der Waals surface area contributed by atoms with Gasteiger partial charge in [-0.3, -0.25) is 28.8 Å². The second-order valence-corrected chi connectivity index (χ2v) is 15.0. The van der Waals surface area contributed by atoms with Crippen molar-refractivity contribution in [1.82, 2.24) is 29.8 Å². The summed E-state index contributed by atoms with van der Waals surface area (Å²) in [5.74, 6) is -4.50. The lowest BCUT2D eigenvalue weighted by molar-refractivity contribution is -0.139. The number of carboxylic acids is 1. The number of aryl methyl sites for hydroxylation is 1. The quantitative estimate of drug-likeness (QED) is 0.146. The molecule has 292 valence electrons. The van der Waals surface area contributed by atoms with Gasteiger partial charge < -0.3 is 15.2 Å². The Morgan fingerprint density at radius 1 is 0.982 bits per heavy atom. The van der Waals surface area contributed by atoms with Crippen molar-refractivity contribution in [3.63, 3.8) is 0 Å². The Morgan fingerprint density at radius 2 is 1.68 bits per heavy atom. The molecule has 4 heterocycles. The maximum absolute atomic E-state index is 15.3. The summed E-state index contributed by atoms with van der Waals surface area (Å²) in [4.78, 5) is 65.0. The Kier molecular flexibility index (Phi) is 10.7. The van der Waals surface area contributed by atoms with Gasteiger partial charge in [0.15, 0.2) is 0 Å². The number of carbonyl (C=O) groups excluding carboxylic acids is 1. The van der Waals surface area contributed by atoms with Gasteiger partial charge in [0, 0.05) is 62.2 Å². The fourth-order valence-corrected chi connectivity index (χ4v) is 7.56. The van der Waals surface area contributed by atoms with Crippen LogP contribution in [-0.4, -0.2) is 69.2 Å². The number of hydrogen-bond donors (Lipinski definition) is 4. The monoisotopic (exact) mass is 797 g/mol. The highest BCUT2D eigenvalue weighted by molar-refractivity contribution is 7.92. The normalized spacial score (nSPS) is 13.9. The van der Waals surface area contributed by atoms with Crippen LogP contribution >= 0.6 is 0 Å². The van der Waals surface area contributed by atoms with Crippen LogP contribution in [0.4, 0.5) is 14.5 Å². The number of H-pyrrole nitrogens is 1. The standard InChI is InChI=1S/C39H33F2N7O8S/c1-48-33-20-42-19-27(34(33)37(50)46-39(48)53)22-4-2-21(3-5-22)16-32(38(51)52)45-36(49)26-17-29(41)31(18-28(26)40)47-57(54,55)25-8-6-23(7-9-25)30-10-13-43-35(44-30)24-11-14-56-15-12-24/h2-10,13,17-20,24,32,47H,11-12,14-16H2,1H3,(H,45,49)(H,51,52)(H,46,50,53)/t32-/m0/s1. The molecule has 1 aliphatic heterocycles. The molecule has 1 amide bonds. The van der Waals surface area contributed by atoms with Gasteiger partial charge in [0.05, 0.1) is 38.9 Å². The highest BCUT2D eigenvalue weighted by Crippen LogP contribution is 2.29. The molecule has 57 heavy (non-hydrogen) atoms. The molecule has 0 aliphatic carbocycles. The van der Waals surface area contributed by atoms with Crippen molar-refractivity contribution in [3.8, 4) is 22.4 Å². The number of nitrogens with zero attached hydrogens (tertiary/aromatic N) is 4. The number of anilines is 1. The van der Waals surface area contributed by atoms with E-state index in [2.05, 4.69) is 25.3 Å². The van der Waals surface area contributed by atoms with E-state index in [0.29, 0.717) is 64.6 Å². The zero-order valence-electron chi connectivity index (χ0n) is 30.0. The largest absolute Gasteiger partial charge is 0.480 e. The first-order valence-corrected chi connectivity index (χ1v) is 19.0. The molecule has 0 bridgehead atoms. The molecular formula is C39H33F2N7O8S. The number of aromatic nitrogens is 5. The molecule has 6 aromatic rings. The van der Waals surface area contributed by atoms with E-state index < -0.39 is 62.1 Å². The number of benzene rings is 3. The molecule has 18 heteroatoms. The van der Waals surface area contributed by atoms with Gasteiger partial charge in [-0.15, -0.1) is 0 Å². The van der Waals surface area contributed by atoms with Crippen molar-refractivity contribution < 1.29 is 36.6 Å². The first-order valence-electron chi connectivity index (χ1n) is 17.5. The first kappa shape index (κ1) is 38.6. The molecule has 0 unspecified atom stereocenters. The number of aliphatic carboxylic acids is 1. The fraction of sp³-hybridized carbons (Fsp3) is 0.205. The number of rotatable bonds is 11. The highest BCUT2D eigenvalue weighted by Gasteiger charge is 2.26. The highest BCUT2D eigenvalue weighted by atomic mass is 32.2. The summed E-state index contributed by atoms with van der Waals surface area (Å²) in [7, 11) is -2.94. The van der Waals surface area contributed by atoms with Gasteiger partial charge in [-0.05, 0) is 48.2 Å². The van der Waals surface area contributed by atoms with Crippen LogP contribution in [-0.2, 0) is 33.0 Å². The lowest BCUT2D eigenvalue weighted by atomic mass is 9.99. The Morgan fingerprint density at radius 3 is 2.39 bits per heavy atom. The topological polar surface area (TPSA) is 215 Å². The van der Waals surface area contributed by atoms with Gasteiger partial charge in [-0.1, -0.05) is 36.4 Å². The number of halogens is 2. The molecule has 1 aliphatic rings. The Bertz CT molecular complexity index is 2750. The molecule has 0 radical (unpaired) electrons. The fourth-order valence-electron chi connectivity index (χ4n) is 6.50. The molecule has 4 N–H and O–H groups in total. The molecule has 7 rings (SSSR count). The summed E-state index contributed by atoms with van der Waals surface area (Å²) in [6.07, 6.45) is 5.78. The minimum atomic E-state index is -4.43. The third kappa shape index (κ3) is 8.17. The van der Waals surface area contributed by atoms with E-state index in [4.69, 9.17) is 4.74 Å². The Balaban J connectivity index is 1.03. The number of amides is 1. The van der Waals surface area contributed by atoms with Gasteiger partial charge >= 0.3 is 11.7 Å². The van der Waals surface area contributed by atoms with Crippen LogP contribution in [0.3, 0.4) is 0 Å². The summed E-state index contributed by atoms with van der Waals surface area (Å²) in [5.41, 5.74) is 0.0340. The van der Waals surface area contributed by atoms with Gasteiger partial charge in [-0.25, -0.2) is 36.8 Å². The summed E-state index contributed by atoms with van der Waals surface area (Å²) in [5, 5.41) is 12.3. The molecule has 0 spiro atoms. The molecular weight excluding hydrogens is 765 g/mol. The van der Waals surface area contributed by atoms with Crippen LogP contribution in [0.2, 0.25) is 0 Å². The number of hydrogen-bond acceptors (Lipinski definition) is 10. The molecule has 1 saturated heterocycles. The van der Waals surface area contributed by atoms with Gasteiger partial charge in [0.2, 0.25) is 0 Å². The number of pyridine rings is 1. The van der Waals surface area contributed by atoms with Crippen molar-refractivity contribution in [3.05, 3.63) is 135 Å². The van der Waals surface area contributed by atoms with Crippen LogP contribution in [0, 0.1) is 11.6 Å². The van der Waals surface area contributed by atoms with E-state index >= 15 is 8.78 Å². The van der Waals surface area contributed by atoms with E-state index in [1.54, 1.807) is 36.5 Å². The van der Waals surface area contributed by atoms with E-state index in [9.17, 15) is 32.7 Å². The average Bonchev–Trinajstić information content (AvgIpc) is 3.21. The second kappa shape index (κ2) is 15.8. The number of fused-ring (bicyclic) bond motifs is 1. The second-order valence-electron chi connectivity index (χ2n) is 13.3. The van der Waals surface area contributed by atoms with Crippen LogP contribution in [0.25, 0.3) is 33.3 Å². The molecule has 3 aromatic heterocycles. The Labute approximate surface area is 322 Å². The first-order chi connectivity index (χ1) is 27.3. The lowest BCUT2D eigenvalue weighted by Gasteiger charge is -2.20. The molecule has 1 atom stereocenters. The van der Waals surface area contributed by atoms with Crippen LogP contribution in [0.15, 0.2) is 99.8 Å². The SMILES string of the molecule is Cn1c(=O)[nH]c(=O)c2c(-c3ccc(C[C@H](NC(=O)c4cc(F)c(NS(=O)(=O)c5ccc(-c6ccnc(C7CCOCC7)n6)cc5)cc4F)C(=O)O)cc3)cncc21. The van der Waals surface area contributed by atoms with E-state index in [1.807, 2.05) is 4.72 Å². The zero-order chi connectivity index (χ0) is 40.4. The number of carbonyl (C=O) groups is 2. The number of carboxylic acid groups (broad SMARTS) is 1. The molecule has 3 aromatic carbocycles. The zero-order valence-corrected chi connectivity index (χ0v) is 30.8. The lowest BCUT2D eigenvalue weighted by Crippen LogP contribution is -2.42. The number of ether oxygens (including phenoxy) is 1. The van der Waals surface area contributed by atoms with Crippen LogP contribution in [0.5, 0.6) is 0 Å². The smallest absolute Gasteiger partial charge is 0.328 e. The van der Waals surface area contributed by atoms with E-state index in [0.717, 1.165) is 12.8 Å². The molecule has 1 fully saturated rings. The minimum absolute atomic E-state index is 0.148. The van der Waals surface area contributed by atoms with Crippen molar-refractivity contribution in [2.75, 3.05) is 17.9 Å². The van der Waals surface area contributed by atoms with Gasteiger partial charge in [0.25, 0.3) is 21.5 Å². The van der Waals surface area contributed by atoms with E-state index in [1.165, 1.54) is 48.3 Å². The van der Waals surface area contributed by atoms with Crippen molar-refractivity contribution >= 4 is 38.5 Å². The van der Waals surface area contributed by atoms with Gasteiger partial charge in [-0.2, -0.15) is 0 Å². The van der Waals surface area contributed by atoms with Gasteiger partial charge in [0.1, 0.15) is 23.5 Å². The third-order valence-electron chi connectivity index (χ3n) is 9.61. The molecule has 15 nitrogen and oxygen atoms in total. The van der Waals surface area contributed by atoms with Crippen molar-refractivity contribution in [2.24, 2.45) is 7.05 Å². The predicted molar refractivity (Wildman–Crippen MR) is 203 cm³/mol. The summed E-state index contributed by atoms with van der Waals surface area (Å²) in [6.45, 7) is 1.23. The minimum Gasteiger partial charge on any atom is -0.480 e. The maximum atomic E-state index is 15.3. The summed E-state index contributed by atoms with van der Waals surface area (Å²) >= 11 is 0. The third-order valence-corrected chi connectivity index (χ3v) is 11.0. The number of sulfonamides is 1. The number of aromatic amines is 1. The maximum Gasteiger partial charge on any atom is 0.328 e. The van der Waals surface area contributed by atoms with Crippen LogP contribution < -0.4 is 21.3 Å². The summed E-state index contributed by atoms with van der Waals surface area (Å²) in [6, 6.07) is 13.0. The predicted octanol–water partition coefficient (Wildman–Crippen LogP) is 4.14. The van der Waals surface area contributed by atoms with Crippen molar-refractivity contribution in [1.29, 1.82) is 0 Å². The van der Waals surface area contributed by atoms with E-state index in [-0.39, 0.29) is 22.6 Å².